The number of furan rings is 1. The fourth-order valence-electron chi connectivity index (χ4n) is 4.17. The number of rotatable bonds is 6. The fraction of sp³-hybridized carbons (Fsp3) is 0.154. The van der Waals surface area contributed by atoms with Gasteiger partial charge in [0.2, 0.25) is 0 Å². The summed E-state index contributed by atoms with van der Waals surface area (Å²) in [6.07, 6.45) is 1.75. The highest BCUT2D eigenvalue weighted by Gasteiger charge is 2.43. The number of hydrogen-bond donors (Lipinski definition) is 1. The molecule has 2 atom stereocenters. The molecule has 34 heavy (non-hydrogen) atoms. The Hall–Kier alpha value is -3.91. The van der Waals surface area contributed by atoms with Gasteiger partial charge in [0, 0.05) is 17.8 Å². The smallest absolute Gasteiger partial charge is 0.174 e. The number of aromatic nitrogens is 1. The fourth-order valence-corrected chi connectivity index (χ4v) is 4.51. The molecule has 0 amide bonds. The molecule has 0 unspecified atom stereocenters. The first-order valence-corrected chi connectivity index (χ1v) is 11.1. The predicted molar refractivity (Wildman–Crippen MR) is 132 cm³/mol. The van der Waals surface area contributed by atoms with Crippen molar-refractivity contribution in [3.05, 3.63) is 96.3 Å². The van der Waals surface area contributed by atoms with Gasteiger partial charge in [-0.15, -0.1) is 0 Å². The second-order valence-electron chi connectivity index (χ2n) is 7.74. The molecule has 6 nitrogen and oxygen atoms in total. The molecule has 0 bridgehead atoms. The lowest BCUT2D eigenvalue weighted by atomic mass is 10.0. The molecule has 172 valence electrons. The third-order valence-electron chi connectivity index (χ3n) is 5.79. The van der Waals surface area contributed by atoms with E-state index >= 15 is 0 Å². The van der Waals surface area contributed by atoms with Gasteiger partial charge in [0.1, 0.15) is 34.9 Å². The number of halogens is 1. The van der Waals surface area contributed by atoms with Crippen LogP contribution in [0, 0.1) is 5.82 Å². The lowest BCUT2D eigenvalue weighted by Crippen LogP contribution is -2.29. The average molecular weight is 476 g/mol. The normalized spacial score (nSPS) is 17.5. The number of methoxy groups -OCH3 is 2. The van der Waals surface area contributed by atoms with Crippen LogP contribution in [0.15, 0.2) is 83.4 Å². The summed E-state index contributed by atoms with van der Waals surface area (Å²) in [6, 6.07) is 20.7. The number of ether oxygens (including phenoxy) is 2. The molecule has 2 aromatic heterocycles. The Morgan fingerprint density at radius 3 is 2.53 bits per heavy atom. The van der Waals surface area contributed by atoms with E-state index in [9.17, 15) is 4.39 Å². The van der Waals surface area contributed by atoms with Gasteiger partial charge in [0.25, 0.3) is 0 Å². The minimum absolute atomic E-state index is 0.271. The summed E-state index contributed by atoms with van der Waals surface area (Å²) in [4.78, 5) is 6.53. The van der Waals surface area contributed by atoms with E-state index in [4.69, 9.17) is 26.1 Å². The van der Waals surface area contributed by atoms with Gasteiger partial charge in [-0.05, 0) is 72.9 Å². The number of nitrogens with zero attached hydrogens (tertiary/aromatic N) is 2. The zero-order valence-electron chi connectivity index (χ0n) is 18.6. The van der Waals surface area contributed by atoms with E-state index in [1.807, 2.05) is 53.4 Å². The van der Waals surface area contributed by atoms with Crippen molar-refractivity contribution in [2.45, 2.75) is 12.1 Å². The van der Waals surface area contributed by atoms with Crippen LogP contribution in [-0.2, 0) is 0 Å². The molecular weight excluding hydrogens is 453 g/mol. The van der Waals surface area contributed by atoms with Crippen LogP contribution in [-0.4, -0.2) is 24.3 Å². The molecule has 1 saturated heterocycles. The van der Waals surface area contributed by atoms with Crippen LogP contribution in [0.4, 0.5) is 10.1 Å². The molecule has 0 saturated carbocycles. The maximum absolute atomic E-state index is 13.4. The Kier molecular flexibility index (Phi) is 5.90. The van der Waals surface area contributed by atoms with E-state index in [2.05, 4.69) is 10.3 Å². The Morgan fingerprint density at radius 1 is 1.00 bits per heavy atom. The topological polar surface area (TPSA) is 59.8 Å². The molecule has 1 aliphatic heterocycles. The Morgan fingerprint density at radius 2 is 1.82 bits per heavy atom. The number of thiocarbonyl (C=S) groups is 1. The summed E-state index contributed by atoms with van der Waals surface area (Å²) in [5, 5.41) is 3.92. The summed E-state index contributed by atoms with van der Waals surface area (Å²) in [5.74, 6) is 2.30. The Bertz CT molecular complexity index is 1310. The Labute approximate surface area is 201 Å². The molecule has 8 heteroatoms. The molecule has 1 N–H and O–H groups in total. The van der Waals surface area contributed by atoms with Gasteiger partial charge >= 0.3 is 0 Å². The maximum atomic E-state index is 13.4. The van der Waals surface area contributed by atoms with E-state index in [0.29, 0.717) is 28.1 Å². The predicted octanol–water partition coefficient (Wildman–Crippen LogP) is 5.68. The van der Waals surface area contributed by atoms with Crippen molar-refractivity contribution in [3.63, 3.8) is 0 Å². The quantitative estimate of drug-likeness (QED) is 0.360. The second-order valence-corrected chi connectivity index (χ2v) is 8.13. The van der Waals surface area contributed by atoms with Crippen molar-refractivity contribution < 1.29 is 18.3 Å². The standard InChI is InChI=1S/C26H22FN3O3S/c1-31-18-10-11-20(23(15-18)32-2)30-25(24(29-26(30)34)19-5-3-4-14-28-19)22-13-12-21(33-22)16-6-8-17(27)9-7-16/h3-15,24-25H,1-2H3,(H,29,34)/t24-,25-/m0/s1. The molecule has 0 spiro atoms. The summed E-state index contributed by atoms with van der Waals surface area (Å²) < 4.78 is 30.7. The molecule has 3 heterocycles. The van der Waals surface area contributed by atoms with Crippen molar-refractivity contribution in [1.29, 1.82) is 0 Å². The van der Waals surface area contributed by atoms with Crippen molar-refractivity contribution >= 4 is 23.0 Å². The largest absolute Gasteiger partial charge is 0.497 e. The Balaban J connectivity index is 1.62. The molecule has 5 rings (SSSR count). The minimum Gasteiger partial charge on any atom is -0.497 e. The van der Waals surface area contributed by atoms with Crippen LogP contribution in [0.3, 0.4) is 0 Å². The van der Waals surface area contributed by atoms with Crippen LogP contribution in [0.25, 0.3) is 11.3 Å². The molecular formula is C26H22FN3O3S. The number of hydrogen-bond acceptors (Lipinski definition) is 5. The first-order valence-electron chi connectivity index (χ1n) is 10.7. The van der Waals surface area contributed by atoms with Crippen molar-refractivity contribution in [3.8, 4) is 22.8 Å². The van der Waals surface area contributed by atoms with E-state index in [0.717, 1.165) is 16.9 Å². The van der Waals surface area contributed by atoms with Gasteiger partial charge in [-0.2, -0.15) is 0 Å². The van der Waals surface area contributed by atoms with Gasteiger partial charge in [0.05, 0.1) is 31.6 Å². The summed E-state index contributed by atoms with van der Waals surface area (Å²) >= 11 is 5.78. The van der Waals surface area contributed by atoms with Crippen LogP contribution >= 0.6 is 12.2 Å². The highest BCUT2D eigenvalue weighted by molar-refractivity contribution is 7.80. The lowest BCUT2D eigenvalue weighted by Gasteiger charge is -2.27. The lowest BCUT2D eigenvalue weighted by molar-refractivity contribution is 0.392. The first-order chi connectivity index (χ1) is 16.6. The highest BCUT2D eigenvalue weighted by Crippen LogP contribution is 2.46. The number of pyridine rings is 1. The van der Waals surface area contributed by atoms with Crippen LogP contribution in [0.2, 0.25) is 0 Å². The van der Waals surface area contributed by atoms with E-state index in [-0.39, 0.29) is 17.9 Å². The van der Waals surface area contributed by atoms with Gasteiger partial charge < -0.3 is 24.1 Å². The zero-order chi connectivity index (χ0) is 23.7. The summed E-state index contributed by atoms with van der Waals surface area (Å²) in [5.41, 5.74) is 2.37. The van der Waals surface area contributed by atoms with Gasteiger partial charge in [-0.25, -0.2) is 4.39 Å². The van der Waals surface area contributed by atoms with Crippen LogP contribution in [0.5, 0.6) is 11.5 Å². The van der Waals surface area contributed by atoms with E-state index in [1.165, 1.54) is 12.1 Å². The molecule has 1 aliphatic rings. The maximum Gasteiger partial charge on any atom is 0.174 e. The molecule has 2 aromatic carbocycles. The van der Waals surface area contributed by atoms with Crippen LogP contribution in [0.1, 0.15) is 23.5 Å². The van der Waals surface area contributed by atoms with Crippen LogP contribution < -0.4 is 19.7 Å². The zero-order valence-corrected chi connectivity index (χ0v) is 19.4. The van der Waals surface area contributed by atoms with E-state index in [1.54, 1.807) is 32.5 Å². The number of benzene rings is 2. The second kappa shape index (κ2) is 9.15. The highest BCUT2D eigenvalue weighted by atomic mass is 32.1. The molecule has 4 aromatic rings. The molecule has 0 aliphatic carbocycles. The number of nitrogens with one attached hydrogen (secondary N) is 1. The average Bonchev–Trinajstić information content (AvgIpc) is 3.49. The minimum atomic E-state index is -0.348. The SMILES string of the molecule is COc1ccc(N2C(=S)N[C@@H](c3ccccn3)[C@@H]2c2ccc(-c3ccc(F)cc3)o2)c(OC)c1. The molecule has 0 radical (unpaired) electrons. The summed E-state index contributed by atoms with van der Waals surface area (Å²) in [7, 11) is 3.21. The molecule has 1 fully saturated rings. The number of anilines is 1. The van der Waals surface area contributed by atoms with Gasteiger partial charge in [-0.1, -0.05) is 6.07 Å². The van der Waals surface area contributed by atoms with Gasteiger partial charge in [-0.3, -0.25) is 4.98 Å². The van der Waals surface area contributed by atoms with Crippen molar-refractivity contribution in [2.24, 2.45) is 0 Å². The van der Waals surface area contributed by atoms with E-state index < -0.39 is 0 Å². The first kappa shape index (κ1) is 21.9. The third-order valence-corrected chi connectivity index (χ3v) is 6.11. The van der Waals surface area contributed by atoms with Crippen molar-refractivity contribution in [2.75, 3.05) is 19.1 Å². The summed E-state index contributed by atoms with van der Waals surface area (Å²) in [6.45, 7) is 0. The van der Waals surface area contributed by atoms with Crippen molar-refractivity contribution in [1.82, 2.24) is 10.3 Å². The third kappa shape index (κ3) is 3.97. The monoisotopic (exact) mass is 475 g/mol. The van der Waals surface area contributed by atoms with Gasteiger partial charge in [0.15, 0.2) is 5.11 Å².